The summed E-state index contributed by atoms with van der Waals surface area (Å²) in [6.07, 6.45) is 1.39. The van der Waals surface area contributed by atoms with E-state index in [1.807, 2.05) is 6.07 Å². The molecule has 0 saturated heterocycles. The summed E-state index contributed by atoms with van der Waals surface area (Å²) in [7, 11) is 0. The molecule has 0 saturated carbocycles. The van der Waals surface area contributed by atoms with Crippen LogP contribution in [0.15, 0.2) is 12.1 Å². The molecular weight excluding hydrogens is 302 g/mol. The van der Waals surface area contributed by atoms with Gasteiger partial charge in [0.2, 0.25) is 5.91 Å². The number of aromatic hydroxyl groups is 1. The lowest BCUT2D eigenvalue weighted by molar-refractivity contribution is -0.121. The van der Waals surface area contributed by atoms with Crippen LogP contribution in [-0.2, 0) is 22.0 Å². The molecule has 0 radical (unpaired) electrons. The van der Waals surface area contributed by atoms with Gasteiger partial charge in [-0.1, -0.05) is 53.7 Å². The van der Waals surface area contributed by atoms with Crippen molar-refractivity contribution in [1.29, 1.82) is 0 Å². The van der Waals surface area contributed by atoms with Crippen molar-refractivity contribution >= 4 is 5.91 Å². The SMILES string of the molecule is CC(C)(C)c1cc(CCC(=O)NCCCO)c(O)c(C(C)(C)C)c1. The number of phenolic OH excluding ortho intramolecular Hbond substituents is 1. The first kappa shape index (κ1) is 20.5. The van der Waals surface area contributed by atoms with Crippen LogP contribution < -0.4 is 5.32 Å². The number of aliphatic hydroxyl groups excluding tert-OH is 1. The summed E-state index contributed by atoms with van der Waals surface area (Å²) in [5, 5.41) is 22.2. The van der Waals surface area contributed by atoms with Gasteiger partial charge in [0.25, 0.3) is 0 Å². The molecule has 0 atom stereocenters. The van der Waals surface area contributed by atoms with Crippen molar-refractivity contribution in [2.45, 2.75) is 71.6 Å². The second kappa shape index (κ2) is 8.02. The van der Waals surface area contributed by atoms with E-state index in [1.54, 1.807) is 0 Å². The molecule has 3 N–H and O–H groups in total. The van der Waals surface area contributed by atoms with Crippen LogP contribution in [0.3, 0.4) is 0 Å². The molecule has 0 unspecified atom stereocenters. The maximum atomic E-state index is 11.9. The summed E-state index contributed by atoms with van der Waals surface area (Å²) in [5.41, 5.74) is 2.73. The number of hydrogen-bond acceptors (Lipinski definition) is 3. The minimum Gasteiger partial charge on any atom is -0.507 e. The Balaban J connectivity index is 3.03. The highest BCUT2D eigenvalue weighted by Gasteiger charge is 2.25. The van der Waals surface area contributed by atoms with E-state index >= 15 is 0 Å². The predicted octanol–water partition coefficient (Wildman–Crippen LogP) is 3.42. The lowest BCUT2D eigenvalue weighted by Gasteiger charge is -2.27. The zero-order valence-electron chi connectivity index (χ0n) is 16.0. The molecule has 1 rings (SSSR count). The Hall–Kier alpha value is -1.55. The maximum Gasteiger partial charge on any atom is 0.220 e. The lowest BCUT2D eigenvalue weighted by Crippen LogP contribution is -2.25. The van der Waals surface area contributed by atoms with E-state index < -0.39 is 0 Å². The second-order valence-electron chi connectivity index (χ2n) is 8.46. The van der Waals surface area contributed by atoms with Gasteiger partial charge in [0.15, 0.2) is 0 Å². The summed E-state index contributed by atoms with van der Waals surface area (Å²) in [6, 6.07) is 4.10. The first-order chi connectivity index (χ1) is 11.0. The topological polar surface area (TPSA) is 69.6 Å². The molecule has 0 bridgehead atoms. The van der Waals surface area contributed by atoms with E-state index in [4.69, 9.17) is 5.11 Å². The summed E-state index contributed by atoms with van der Waals surface area (Å²) in [5.74, 6) is 0.250. The van der Waals surface area contributed by atoms with Crippen molar-refractivity contribution in [3.63, 3.8) is 0 Å². The van der Waals surface area contributed by atoms with Crippen LogP contribution in [0.5, 0.6) is 5.75 Å². The normalized spacial score (nSPS) is 12.3. The minimum atomic E-state index is -0.163. The predicted molar refractivity (Wildman–Crippen MR) is 98.5 cm³/mol. The van der Waals surface area contributed by atoms with Gasteiger partial charge in [0.1, 0.15) is 5.75 Å². The van der Waals surface area contributed by atoms with Crippen molar-refractivity contribution in [3.05, 3.63) is 28.8 Å². The Morgan fingerprint density at radius 1 is 1.08 bits per heavy atom. The molecule has 0 heterocycles. The quantitative estimate of drug-likeness (QED) is 0.698. The highest BCUT2D eigenvalue weighted by molar-refractivity contribution is 5.76. The Bertz CT molecular complexity index is 565. The monoisotopic (exact) mass is 335 g/mol. The first-order valence-corrected chi connectivity index (χ1v) is 8.71. The number of aryl methyl sites for hydroxylation is 1. The van der Waals surface area contributed by atoms with Crippen molar-refractivity contribution in [2.75, 3.05) is 13.2 Å². The third-order valence-electron chi connectivity index (χ3n) is 4.14. The molecule has 1 aromatic rings. The van der Waals surface area contributed by atoms with Crippen molar-refractivity contribution in [2.24, 2.45) is 0 Å². The number of carbonyl (C=O) groups is 1. The van der Waals surface area contributed by atoms with Gasteiger partial charge in [-0.05, 0) is 40.4 Å². The molecule has 4 heteroatoms. The first-order valence-electron chi connectivity index (χ1n) is 8.71. The van der Waals surface area contributed by atoms with Gasteiger partial charge >= 0.3 is 0 Å². The molecule has 136 valence electrons. The van der Waals surface area contributed by atoms with Gasteiger partial charge in [-0.3, -0.25) is 4.79 Å². The molecule has 1 amide bonds. The Morgan fingerprint density at radius 3 is 2.21 bits per heavy atom. The van der Waals surface area contributed by atoms with E-state index in [0.717, 1.165) is 11.1 Å². The number of amides is 1. The van der Waals surface area contributed by atoms with Gasteiger partial charge < -0.3 is 15.5 Å². The lowest BCUT2D eigenvalue weighted by atomic mass is 9.78. The van der Waals surface area contributed by atoms with Crippen LogP contribution >= 0.6 is 0 Å². The Kier molecular flexibility index (Phi) is 6.85. The van der Waals surface area contributed by atoms with Gasteiger partial charge in [-0.25, -0.2) is 0 Å². The van der Waals surface area contributed by atoms with Crippen LogP contribution in [0, 0.1) is 0 Å². The number of nitrogens with one attached hydrogen (secondary N) is 1. The van der Waals surface area contributed by atoms with Crippen molar-refractivity contribution in [1.82, 2.24) is 5.32 Å². The second-order valence-corrected chi connectivity index (χ2v) is 8.46. The Labute approximate surface area is 146 Å². The number of benzene rings is 1. The third kappa shape index (κ3) is 5.82. The van der Waals surface area contributed by atoms with Crippen LogP contribution in [0.4, 0.5) is 0 Å². The molecule has 4 nitrogen and oxygen atoms in total. The number of rotatable bonds is 6. The third-order valence-corrected chi connectivity index (χ3v) is 4.14. The highest BCUT2D eigenvalue weighted by atomic mass is 16.3. The number of aliphatic hydroxyl groups is 1. The van der Waals surface area contributed by atoms with E-state index in [2.05, 4.69) is 52.9 Å². The maximum absolute atomic E-state index is 11.9. The number of carbonyl (C=O) groups excluding carboxylic acids is 1. The molecule has 0 aliphatic carbocycles. The zero-order valence-corrected chi connectivity index (χ0v) is 16.0. The minimum absolute atomic E-state index is 0.0220. The number of phenols is 1. The van der Waals surface area contributed by atoms with Gasteiger partial charge in [-0.15, -0.1) is 0 Å². The van der Waals surface area contributed by atoms with Crippen molar-refractivity contribution < 1.29 is 15.0 Å². The van der Waals surface area contributed by atoms with E-state index in [0.29, 0.717) is 31.6 Å². The van der Waals surface area contributed by atoms with Crippen LogP contribution in [0.1, 0.15) is 71.1 Å². The zero-order chi connectivity index (χ0) is 18.5. The van der Waals surface area contributed by atoms with E-state index in [1.165, 1.54) is 5.56 Å². The van der Waals surface area contributed by atoms with Gasteiger partial charge in [-0.2, -0.15) is 0 Å². The summed E-state index contributed by atoms with van der Waals surface area (Å²) in [4.78, 5) is 11.9. The molecule has 0 spiro atoms. The largest absolute Gasteiger partial charge is 0.507 e. The van der Waals surface area contributed by atoms with Crippen LogP contribution in [0.25, 0.3) is 0 Å². The molecule has 1 aromatic carbocycles. The Morgan fingerprint density at radius 2 is 1.71 bits per heavy atom. The van der Waals surface area contributed by atoms with E-state index in [-0.39, 0.29) is 23.3 Å². The molecular formula is C20H33NO3. The standard InChI is InChI=1S/C20H33NO3/c1-19(2,3)15-12-14(8-9-17(23)21-10-7-11-22)18(24)16(13-15)20(4,5)6/h12-13,22,24H,7-11H2,1-6H3,(H,21,23). The van der Waals surface area contributed by atoms with Crippen LogP contribution in [0.2, 0.25) is 0 Å². The van der Waals surface area contributed by atoms with Crippen molar-refractivity contribution in [3.8, 4) is 5.75 Å². The molecule has 0 aromatic heterocycles. The summed E-state index contributed by atoms with van der Waals surface area (Å²) >= 11 is 0. The van der Waals surface area contributed by atoms with Gasteiger partial charge in [0, 0.05) is 19.6 Å². The average molecular weight is 335 g/mol. The highest BCUT2D eigenvalue weighted by Crippen LogP contribution is 2.38. The molecule has 24 heavy (non-hydrogen) atoms. The molecule has 0 aliphatic rings. The molecule has 0 aliphatic heterocycles. The van der Waals surface area contributed by atoms with E-state index in [9.17, 15) is 9.90 Å². The number of hydrogen-bond donors (Lipinski definition) is 3. The fraction of sp³-hybridized carbons (Fsp3) is 0.650. The average Bonchev–Trinajstić information content (AvgIpc) is 2.44. The fourth-order valence-electron chi connectivity index (χ4n) is 2.53. The van der Waals surface area contributed by atoms with Crippen LogP contribution in [-0.4, -0.2) is 29.3 Å². The smallest absolute Gasteiger partial charge is 0.220 e. The summed E-state index contributed by atoms with van der Waals surface area (Å²) < 4.78 is 0. The van der Waals surface area contributed by atoms with Gasteiger partial charge in [0.05, 0.1) is 0 Å². The molecule has 0 fully saturated rings. The summed E-state index contributed by atoms with van der Waals surface area (Å²) in [6.45, 7) is 13.3. The fourth-order valence-corrected chi connectivity index (χ4v) is 2.53.